The Balaban J connectivity index is 2.22. The van der Waals surface area contributed by atoms with Crippen LogP contribution in [0.2, 0.25) is 0 Å². The molecule has 0 bridgehead atoms. The lowest BCUT2D eigenvalue weighted by atomic mass is 9.69. The minimum Gasteiger partial charge on any atom is -0.440 e. The zero-order valence-corrected chi connectivity index (χ0v) is 12.6. The van der Waals surface area contributed by atoms with Crippen LogP contribution >= 0.6 is 0 Å². The number of ether oxygens (including phenoxy) is 1. The monoisotopic (exact) mass is 320 g/mol. The first-order valence-electron chi connectivity index (χ1n) is 7.23. The number of H-pyrrole nitrogens is 1. The minimum absolute atomic E-state index is 0.0706. The summed E-state index contributed by atoms with van der Waals surface area (Å²) in [5.41, 5.74) is 5.41. The van der Waals surface area contributed by atoms with Crippen LogP contribution in [0.25, 0.3) is 0 Å². The number of fused-ring (bicyclic) bond motifs is 4. The Labute approximate surface area is 136 Å². The molecule has 24 heavy (non-hydrogen) atoms. The van der Waals surface area contributed by atoms with Gasteiger partial charge in [0, 0.05) is 23.0 Å². The van der Waals surface area contributed by atoms with Crippen LogP contribution in [0.15, 0.2) is 46.6 Å². The van der Waals surface area contributed by atoms with Gasteiger partial charge in [0.05, 0.1) is 5.56 Å². The predicted molar refractivity (Wildman–Crippen MR) is 85.1 cm³/mol. The summed E-state index contributed by atoms with van der Waals surface area (Å²) >= 11 is 0. The molecule has 2 aliphatic heterocycles. The van der Waals surface area contributed by atoms with Crippen LogP contribution in [-0.4, -0.2) is 10.9 Å². The molecule has 0 fully saturated rings. The van der Waals surface area contributed by atoms with E-state index in [9.17, 15) is 14.9 Å². The molecule has 3 heterocycles. The van der Waals surface area contributed by atoms with Crippen LogP contribution in [0, 0.1) is 18.3 Å². The van der Waals surface area contributed by atoms with Gasteiger partial charge in [0.2, 0.25) is 11.8 Å². The zero-order valence-electron chi connectivity index (χ0n) is 12.6. The normalized spacial score (nSPS) is 20.9. The number of carbonyl (C=O) groups is 1. The zero-order chi connectivity index (χ0) is 17.1. The highest BCUT2D eigenvalue weighted by Crippen LogP contribution is 2.51. The van der Waals surface area contributed by atoms with Crippen LogP contribution in [0.3, 0.4) is 0 Å². The number of hydrogen-bond acceptors (Lipinski definition) is 5. The van der Waals surface area contributed by atoms with Crippen molar-refractivity contribution in [1.82, 2.24) is 4.98 Å². The summed E-state index contributed by atoms with van der Waals surface area (Å²) in [6.45, 7) is 1.69. The summed E-state index contributed by atoms with van der Waals surface area (Å²) in [4.78, 5) is 28.3. The largest absolute Gasteiger partial charge is 0.440 e. The van der Waals surface area contributed by atoms with Crippen LogP contribution in [0.4, 0.5) is 5.69 Å². The van der Waals surface area contributed by atoms with Crippen molar-refractivity contribution in [3.63, 3.8) is 0 Å². The molecule has 0 unspecified atom stereocenters. The lowest BCUT2D eigenvalue weighted by Crippen LogP contribution is -2.46. The number of nitriles is 1. The Morgan fingerprint density at radius 1 is 1.29 bits per heavy atom. The van der Waals surface area contributed by atoms with Gasteiger partial charge in [-0.05, 0) is 13.0 Å². The number of rotatable bonds is 0. The molecular weight excluding hydrogens is 308 g/mol. The SMILES string of the molecule is Cc1cc2c(c(=O)[nH]1)[C@]1(C(=O)Nc3ccccc31)C(C#N)=C(N)O2. The third-order valence-electron chi connectivity index (χ3n) is 4.38. The number of aromatic nitrogens is 1. The Hall–Kier alpha value is -3.53. The molecule has 7 heteroatoms. The average molecular weight is 320 g/mol. The number of amides is 1. The van der Waals surface area contributed by atoms with Crippen LogP contribution in [0.1, 0.15) is 16.8 Å². The van der Waals surface area contributed by atoms with E-state index >= 15 is 0 Å². The van der Waals surface area contributed by atoms with Gasteiger partial charge in [-0.15, -0.1) is 0 Å². The van der Waals surface area contributed by atoms with E-state index in [4.69, 9.17) is 10.5 Å². The van der Waals surface area contributed by atoms with Gasteiger partial charge in [0.1, 0.15) is 17.4 Å². The number of nitrogens with two attached hydrogens (primary N) is 1. The van der Waals surface area contributed by atoms with Gasteiger partial charge < -0.3 is 20.8 Å². The molecule has 1 atom stereocenters. The Morgan fingerprint density at radius 3 is 2.79 bits per heavy atom. The molecule has 1 amide bonds. The highest BCUT2D eigenvalue weighted by atomic mass is 16.5. The molecule has 4 N–H and O–H groups in total. The van der Waals surface area contributed by atoms with Gasteiger partial charge in [-0.25, -0.2) is 0 Å². The maximum Gasteiger partial charge on any atom is 0.256 e. The second-order valence-corrected chi connectivity index (χ2v) is 5.72. The molecule has 1 aromatic heterocycles. The molecule has 0 aliphatic carbocycles. The summed E-state index contributed by atoms with van der Waals surface area (Å²) in [5.74, 6) is -0.497. The first-order valence-corrected chi connectivity index (χ1v) is 7.23. The molecule has 0 saturated carbocycles. The number of aryl methyl sites for hydroxylation is 1. The van der Waals surface area contributed by atoms with Crippen LogP contribution in [-0.2, 0) is 10.2 Å². The number of nitrogens with zero attached hydrogens (tertiary/aromatic N) is 1. The van der Waals surface area contributed by atoms with E-state index in [1.54, 1.807) is 37.3 Å². The number of para-hydroxylation sites is 1. The number of carbonyl (C=O) groups excluding carboxylic acids is 1. The summed E-state index contributed by atoms with van der Waals surface area (Å²) in [5, 5.41) is 12.4. The van der Waals surface area contributed by atoms with Gasteiger partial charge in [-0.2, -0.15) is 5.26 Å². The number of anilines is 1. The first kappa shape index (κ1) is 14.1. The molecule has 1 aromatic carbocycles. The first-order chi connectivity index (χ1) is 11.5. The van der Waals surface area contributed by atoms with Crippen molar-refractivity contribution < 1.29 is 9.53 Å². The summed E-state index contributed by atoms with van der Waals surface area (Å²) in [6.07, 6.45) is 0. The maximum absolute atomic E-state index is 13.0. The fourth-order valence-corrected chi connectivity index (χ4v) is 3.47. The highest BCUT2D eigenvalue weighted by Gasteiger charge is 2.57. The Bertz CT molecular complexity index is 1040. The van der Waals surface area contributed by atoms with Crippen LogP contribution in [0.5, 0.6) is 5.75 Å². The Morgan fingerprint density at radius 2 is 2.04 bits per heavy atom. The minimum atomic E-state index is -1.61. The fraction of sp³-hybridized carbons (Fsp3) is 0.118. The van der Waals surface area contributed by atoms with Crippen molar-refractivity contribution in [2.45, 2.75) is 12.3 Å². The van der Waals surface area contributed by atoms with E-state index in [-0.39, 0.29) is 22.8 Å². The van der Waals surface area contributed by atoms with Crippen molar-refractivity contribution in [3.05, 3.63) is 69.0 Å². The van der Waals surface area contributed by atoms with E-state index in [2.05, 4.69) is 10.3 Å². The molecule has 2 aromatic rings. The van der Waals surface area contributed by atoms with Crippen molar-refractivity contribution in [2.75, 3.05) is 5.32 Å². The smallest absolute Gasteiger partial charge is 0.256 e. The average Bonchev–Trinajstić information content (AvgIpc) is 2.80. The van der Waals surface area contributed by atoms with Crippen molar-refractivity contribution in [3.8, 4) is 11.8 Å². The molecule has 0 saturated heterocycles. The van der Waals surface area contributed by atoms with E-state index in [0.29, 0.717) is 16.9 Å². The maximum atomic E-state index is 13.0. The summed E-state index contributed by atoms with van der Waals surface area (Å²) in [6, 6.07) is 10.5. The van der Waals surface area contributed by atoms with Gasteiger partial charge in [0.25, 0.3) is 5.56 Å². The molecule has 118 valence electrons. The van der Waals surface area contributed by atoms with Crippen LogP contribution < -0.4 is 21.3 Å². The van der Waals surface area contributed by atoms with Crippen molar-refractivity contribution in [2.24, 2.45) is 5.73 Å². The molecular formula is C17H12N4O3. The topological polar surface area (TPSA) is 121 Å². The van der Waals surface area contributed by atoms with E-state index in [1.165, 1.54) is 0 Å². The predicted octanol–water partition coefficient (Wildman–Crippen LogP) is 1.01. The lowest BCUT2D eigenvalue weighted by molar-refractivity contribution is -0.118. The van der Waals surface area contributed by atoms with Gasteiger partial charge in [-0.1, -0.05) is 18.2 Å². The number of benzene rings is 1. The lowest BCUT2D eigenvalue weighted by Gasteiger charge is -2.32. The number of hydrogen-bond donors (Lipinski definition) is 3. The van der Waals surface area contributed by atoms with Gasteiger partial charge in [0.15, 0.2) is 5.41 Å². The van der Waals surface area contributed by atoms with Crippen molar-refractivity contribution >= 4 is 11.6 Å². The third-order valence-corrected chi connectivity index (χ3v) is 4.38. The molecule has 0 radical (unpaired) electrons. The third kappa shape index (κ3) is 1.49. The summed E-state index contributed by atoms with van der Waals surface area (Å²) < 4.78 is 5.48. The molecule has 4 rings (SSSR count). The second kappa shape index (κ2) is 4.49. The van der Waals surface area contributed by atoms with E-state index in [0.717, 1.165) is 0 Å². The van der Waals surface area contributed by atoms with Gasteiger partial charge >= 0.3 is 0 Å². The highest BCUT2D eigenvalue weighted by molar-refractivity contribution is 6.12. The second-order valence-electron chi connectivity index (χ2n) is 5.72. The fourth-order valence-electron chi connectivity index (χ4n) is 3.47. The van der Waals surface area contributed by atoms with E-state index < -0.39 is 16.9 Å². The summed E-state index contributed by atoms with van der Waals surface area (Å²) in [7, 11) is 0. The molecule has 1 spiro atoms. The van der Waals surface area contributed by atoms with E-state index in [1.807, 2.05) is 6.07 Å². The quantitative estimate of drug-likeness (QED) is 0.669. The standard InChI is InChI=1S/C17H12N4O3/c1-8-6-12-13(15(22)20-8)17(10(7-18)14(19)24-12)9-4-2-3-5-11(9)21-16(17)23/h2-6H,19H2,1H3,(H,20,22)(H,21,23)/t17-/m1/s1. The number of pyridine rings is 1. The number of aromatic amines is 1. The Kier molecular flexibility index (Phi) is 2.63. The molecule has 7 nitrogen and oxygen atoms in total. The number of nitrogens with one attached hydrogen (secondary N) is 2. The van der Waals surface area contributed by atoms with Gasteiger partial charge in [-0.3, -0.25) is 9.59 Å². The van der Waals surface area contributed by atoms with Crippen molar-refractivity contribution in [1.29, 1.82) is 5.26 Å². The molecule has 2 aliphatic rings.